The van der Waals surface area contributed by atoms with Crippen molar-refractivity contribution in [2.24, 2.45) is 0 Å². The molecule has 1 fully saturated rings. The lowest BCUT2D eigenvalue weighted by atomic mass is 10.2. The predicted octanol–water partition coefficient (Wildman–Crippen LogP) is 0.505. The van der Waals surface area contributed by atoms with Crippen LogP contribution >= 0.6 is 0 Å². The van der Waals surface area contributed by atoms with Crippen molar-refractivity contribution in [1.29, 1.82) is 0 Å². The van der Waals surface area contributed by atoms with Crippen LogP contribution in [0.5, 0.6) is 0 Å². The number of rotatable bonds is 0. The quantitative estimate of drug-likeness (QED) is 0.453. The lowest BCUT2D eigenvalue weighted by Crippen LogP contribution is -2.17. The van der Waals surface area contributed by atoms with Gasteiger partial charge in [-0.1, -0.05) is 0 Å². The van der Waals surface area contributed by atoms with Crippen LogP contribution in [0, 0.1) is 0 Å². The molecule has 0 aromatic rings. The van der Waals surface area contributed by atoms with Gasteiger partial charge >= 0.3 is 0 Å². The molecule has 7 heavy (non-hydrogen) atoms. The highest BCUT2D eigenvalue weighted by atomic mass is 18.2. The Morgan fingerprint density at radius 2 is 2.29 bits per heavy atom. The van der Waals surface area contributed by atoms with Crippen LogP contribution in [-0.4, -0.2) is 18.0 Å². The van der Waals surface area contributed by atoms with Crippen LogP contribution in [0.25, 0.3) is 0 Å². The second-order valence-corrected chi connectivity index (χ2v) is 1.82. The summed E-state index contributed by atoms with van der Waals surface area (Å²) in [6.07, 6.45) is 2.58. The SMILES string of the molecule is [18OH]C1CCCCO1. The summed E-state index contributed by atoms with van der Waals surface area (Å²) in [6.45, 7) is 0.737. The first-order valence-corrected chi connectivity index (χ1v) is 2.69. The summed E-state index contributed by atoms with van der Waals surface area (Å²) >= 11 is 0. The van der Waals surface area contributed by atoms with Crippen molar-refractivity contribution in [2.75, 3.05) is 6.61 Å². The van der Waals surface area contributed by atoms with E-state index in [1.807, 2.05) is 0 Å². The van der Waals surface area contributed by atoms with Crippen molar-refractivity contribution >= 4 is 0 Å². The summed E-state index contributed by atoms with van der Waals surface area (Å²) in [7, 11) is 0. The zero-order chi connectivity index (χ0) is 5.11. The van der Waals surface area contributed by atoms with Crippen molar-refractivity contribution in [2.45, 2.75) is 25.6 Å². The Kier molecular flexibility index (Phi) is 1.65. The Labute approximate surface area is 43.1 Å². The van der Waals surface area contributed by atoms with Gasteiger partial charge < -0.3 is 9.84 Å². The van der Waals surface area contributed by atoms with Crippen LogP contribution < -0.4 is 0 Å². The van der Waals surface area contributed by atoms with E-state index in [-0.39, 0.29) is 0 Å². The summed E-state index contributed by atoms with van der Waals surface area (Å²) in [5, 5.41) is 8.69. The first kappa shape index (κ1) is 5.06. The molecule has 0 radical (unpaired) electrons. The molecule has 1 saturated heterocycles. The van der Waals surface area contributed by atoms with E-state index in [1.54, 1.807) is 0 Å². The van der Waals surface area contributed by atoms with Crippen LogP contribution in [0.2, 0.25) is 0 Å². The highest BCUT2D eigenvalue weighted by Crippen LogP contribution is 2.08. The molecular formula is C5H10O2. The van der Waals surface area contributed by atoms with Gasteiger partial charge in [0.25, 0.3) is 0 Å². The van der Waals surface area contributed by atoms with Gasteiger partial charge in [-0.05, 0) is 19.3 Å². The summed E-state index contributed by atoms with van der Waals surface area (Å²) in [4.78, 5) is 0. The first-order chi connectivity index (χ1) is 3.39. The van der Waals surface area contributed by atoms with Gasteiger partial charge in [0.1, 0.15) is 0 Å². The van der Waals surface area contributed by atoms with Crippen molar-refractivity contribution < 1.29 is 9.84 Å². The molecule has 0 spiro atoms. The lowest BCUT2D eigenvalue weighted by molar-refractivity contribution is -0.123. The summed E-state index contributed by atoms with van der Waals surface area (Å²) in [6, 6.07) is 0. The van der Waals surface area contributed by atoms with E-state index < -0.39 is 6.29 Å². The fourth-order valence-electron chi connectivity index (χ4n) is 0.724. The minimum Gasteiger partial charge on any atom is -0.368 e. The number of hydrogen-bond donors (Lipinski definition) is 1. The van der Waals surface area contributed by atoms with E-state index in [2.05, 4.69) is 0 Å². The number of aliphatic hydroxyl groups excluding tert-OH is 1. The predicted molar refractivity (Wildman–Crippen MR) is 25.8 cm³/mol. The van der Waals surface area contributed by atoms with Gasteiger partial charge in [-0.15, -0.1) is 0 Å². The van der Waals surface area contributed by atoms with Gasteiger partial charge in [-0.25, -0.2) is 0 Å². The normalized spacial score (nSPS) is 33.0. The van der Waals surface area contributed by atoms with Crippen LogP contribution in [0.4, 0.5) is 0 Å². The maximum absolute atomic E-state index is 8.69. The average molecular weight is 104 g/mol. The third kappa shape index (κ3) is 1.45. The maximum Gasteiger partial charge on any atom is 0.154 e. The number of ether oxygens (including phenoxy) is 1. The fraction of sp³-hybridized carbons (Fsp3) is 1.00. The molecule has 0 amide bonds. The molecule has 0 aromatic carbocycles. The molecule has 1 aliphatic rings. The standard InChI is InChI=1S/C5H10O2/c6-5-3-1-2-4-7-5/h5-6H,1-4H2/i6+2. The Balaban J connectivity index is 2.12. The lowest BCUT2D eigenvalue weighted by Gasteiger charge is -2.16. The Morgan fingerprint density at radius 1 is 1.43 bits per heavy atom. The largest absolute Gasteiger partial charge is 0.368 e. The number of aliphatic hydroxyl groups is 1. The molecule has 42 valence electrons. The highest BCUT2D eigenvalue weighted by molar-refractivity contribution is 4.50. The Morgan fingerprint density at radius 3 is 2.57 bits per heavy atom. The molecule has 0 bridgehead atoms. The topological polar surface area (TPSA) is 29.5 Å². The molecule has 0 saturated carbocycles. The Hall–Kier alpha value is -0.0800. The van der Waals surface area contributed by atoms with E-state index in [9.17, 15) is 0 Å². The van der Waals surface area contributed by atoms with Crippen LogP contribution in [0.3, 0.4) is 0 Å². The highest BCUT2D eigenvalue weighted by Gasteiger charge is 2.07. The van der Waals surface area contributed by atoms with Crippen molar-refractivity contribution in [3.63, 3.8) is 0 Å². The van der Waals surface area contributed by atoms with Crippen LogP contribution in [0.1, 0.15) is 19.3 Å². The second kappa shape index (κ2) is 2.28. The van der Waals surface area contributed by atoms with Gasteiger partial charge in [-0.3, -0.25) is 0 Å². The smallest absolute Gasteiger partial charge is 0.154 e. The summed E-state index contributed by atoms with van der Waals surface area (Å²) in [5.41, 5.74) is 0. The zero-order valence-corrected chi connectivity index (χ0v) is 4.26. The van der Waals surface area contributed by atoms with Gasteiger partial charge in [-0.2, -0.15) is 0 Å². The van der Waals surface area contributed by atoms with Gasteiger partial charge in [0.2, 0.25) is 0 Å². The van der Waals surface area contributed by atoms with Crippen LogP contribution in [-0.2, 0) is 4.74 Å². The molecule has 2 nitrogen and oxygen atoms in total. The van der Waals surface area contributed by atoms with E-state index in [4.69, 9.17) is 9.84 Å². The van der Waals surface area contributed by atoms with Gasteiger partial charge in [0.05, 0.1) is 0 Å². The minimum absolute atomic E-state index is 0.464. The summed E-state index contributed by atoms with van der Waals surface area (Å²) < 4.78 is 4.83. The van der Waals surface area contributed by atoms with E-state index in [0.717, 1.165) is 25.9 Å². The minimum atomic E-state index is -0.464. The number of hydrogen-bond acceptors (Lipinski definition) is 2. The molecule has 0 aromatic heterocycles. The van der Waals surface area contributed by atoms with Crippen molar-refractivity contribution in [3.05, 3.63) is 0 Å². The summed E-state index contributed by atoms with van der Waals surface area (Å²) in [5.74, 6) is 0. The van der Waals surface area contributed by atoms with E-state index in [0.29, 0.717) is 0 Å². The molecule has 1 aliphatic heterocycles. The second-order valence-electron chi connectivity index (χ2n) is 1.82. The molecule has 1 unspecified atom stereocenters. The maximum atomic E-state index is 8.69. The van der Waals surface area contributed by atoms with Gasteiger partial charge in [0, 0.05) is 6.61 Å². The molecule has 1 heterocycles. The third-order valence-corrected chi connectivity index (χ3v) is 1.16. The molecule has 0 aliphatic carbocycles. The molecule has 1 rings (SSSR count). The van der Waals surface area contributed by atoms with Crippen LogP contribution in [0.15, 0.2) is 0 Å². The van der Waals surface area contributed by atoms with Crippen molar-refractivity contribution in [3.8, 4) is 0 Å². The Bertz CT molecular complexity index is 48.0. The van der Waals surface area contributed by atoms with E-state index in [1.165, 1.54) is 0 Å². The molecule has 2 heteroatoms. The molecule has 1 atom stereocenters. The molecular weight excluding hydrogens is 94.1 g/mol. The van der Waals surface area contributed by atoms with Gasteiger partial charge in [0.15, 0.2) is 6.29 Å². The third-order valence-electron chi connectivity index (χ3n) is 1.16. The zero-order valence-electron chi connectivity index (χ0n) is 4.26. The van der Waals surface area contributed by atoms with Crippen molar-refractivity contribution in [1.82, 2.24) is 0 Å². The average Bonchev–Trinajstić information content (AvgIpc) is 1.69. The first-order valence-electron chi connectivity index (χ1n) is 2.69. The van der Waals surface area contributed by atoms with E-state index >= 15 is 0 Å². The molecule has 1 N–H and O–H groups in total. The monoisotopic (exact) mass is 104 g/mol. The fourth-order valence-corrected chi connectivity index (χ4v) is 0.724.